The SMILES string of the molecule is COc1ccc2c(c1)OC(CC(Cc1c[nH]c3ccc(OCc4ccccc4)cc13)C(N)=O)CO2. The first-order chi connectivity index (χ1) is 17.1. The van der Waals surface area contributed by atoms with Gasteiger partial charge in [0, 0.05) is 29.1 Å². The molecule has 7 heteroatoms. The lowest BCUT2D eigenvalue weighted by Crippen LogP contribution is -2.36. The van der Waals surface area contributed by atoms with E-state index in [1.165, 1.54) is 0 Å². The molecule has 0 radical (unpaired) electrons. The second kappa shape index (κ2) is 10.0. The molecule has 0 saturated heterocycles. The zero-order chi connectivity index (χ0) is 24.2. The molecule has 3 N–H and O–H groups in total. The number of carbonyl (C=O) groups is 1. The van der Waals surface area contributed by atoms with Crippen molar-refractivity contribution in [2.24, 2.45) is 11.7 Å². The number of aromatic amines is 1. The number of fused-ring (bicyclic) bond motifs is 2. The Morgan fingerprint density at radius 1 is 1.09 bits per heavy atom. The van der Waals surface area contributed by atoms with Crippen molar-refractivity contribution < 1.29 is 23.7 Å². The Hall–Kier alpha value is -4.13. The molecular weight excluding hydrogens is 444 g/mol. The highest BCUT2D eigenvalue weighted by Gasteiger charge is 2.28. The Bertz CT molecular complexity index is 1320. The minimum Gasteiger partial charge on any atom is -0.497 e. The summed E-state index contributed by atoms with van der Waals surface area (Å²) in [5.74, 6) is 1.95. The smallest absolute Gasteiger partial charge is 0.221 e. The second-order valence-corrected chi connectivity index (χ2v) is 8.70. The van der Waals surface area contributed by atoms with Gasteiger partial charge in [-0.1, -0.05) is 30.3 Å². The van der Waals surface area contributed by atoms with E-state index in [1.54, 1.807) is 13.2 Å². The van der Waals surface area contributed by atoms with Gasteiger partial charge in [-0.25, -0.2) is 0 Å². The van der Waals surface area contributed by atoms with Crippen molar-refractivity contribution in [2.75, 3.05) is 13.7 Å². The van der Waals surface area contributed by atoms with Crippen molar-refractivity contribution in [1.29, 1.82) is 0 Å². The Kier molecular flexibility index (Phi) is 6.48. The van der Waals surface area contributed by atoms with E-state index in [2.05, 4.69) is 4.98 Å². The summed E-state index contributed by atoms with van der Waals surface area (Å²) < 4.78 is 23.2. The van der Waals surface area contributed by atoms with E-state index in [9.17, 15) is 4.79 Å². The zero-order valence-electron chi connectivity index (χ0n) is 19.5. The number of amides is 1. The summed E-state index contributed by atoms with van der Waals surface area (Å²) in [4.78, 5) is 15.7. The lowest BCUT2D eigenvalue weighted by Gasteiger charge is -2.28. The van der Waals surface area contributed by atoms with Crippen LogP contribution in [0.4, 0.5) is 0 Å². The predicted octanol–water partition coefficient (Wildman–Crippen LogP) is 4.63. The first-order valence-electron chi connectivity index (χ1n) is 11.6. The number of nitrogens with two attached hydrogens (primary N) is 1. The van der Waals surface area contributed by atoms with Gasteiger partial charge in [0.15, 0.2) is 11.5 Å². The fourth-order valence-corrected chi connectivity index (χ4v) is 4.38. The summed E-state index contributed by atoms with van der Waals surface area (Å²) in [5, 5.41) is 1.01. The van der Waals surface area contributed by atoms with E-state index in [4.69, 9.17) is 24.7 Å². The average Bonchev–Trinajstić information content (AvgIpc) is 3.29. The topological polar surface area (TPSA) is 95.8 Å². The lowest BCUT2D eigenvalue weighted by atomic mass is 9.92. The predicted molar refractivity (Wildman–Crippen MR) is 133 cm³/mol. The Balaban J connectivity index is 1.29. The molecule has 180 valence electrons. The molecule has 0 aliphatic carbocycles. The summed E-state index contributed by atoms with van der Waals surface area (Å²) >= 11 is 0. The van der Waals surface area contributed by atoms with Crippen LogP contribution in [0.1, 0.15) is 17.5 Å². The minimum absolute atomic E-state index is 0.290. The molecule has 2 atom stereocenters. The van der Waals surface area contributed by atoms with Gasteiger partial charge in [-0.3, -0.25) is 4.79 Å². The number of methoxy groups -OCH3 is 1. The molecule has 5 rings (SSSR count). The van der Waals surface area contributed by atoms with Crippen LogP contribution >= 0.6 is 0 Å². The molecule has 2 heterocycles. The monoisotopic (exact) mass is 472 g/mol. The molecule has 3 aromatic carbocycles. The Morgan fingerprint density at radius 3 is 2.71 bits per heavy atom. The van der Waals surface area contributed by atoms with Crippen LogP contribution in [0.5, 0.6) is 23.0 Å². The molecule has 0 fully saturated rings. The number of aromatic nitrogens is 1. The molecule has 4 aromatic rings. The fourth-order valence-electron chi connectivity index (χ4n) is 4.38. The number of hydrogen-bond donors (Lipinski definition) is 2. The number of ether oxygens (including phenoxy) is 4. The third kappa shape index (κ3) is 5.19. The van der Waals surface area contributed by atoms with Gasteiger partial charge in [-0.05, 0) is 54.3 Å². The molecular formula is C28H28N2O5. The molecule has 1 aromatic heterocycles. The van der Waals surface area contributed by atoms with E-state index < -0.39 is 5.92 Å². The van der Waals surface area contributed by atoms with Gasteiger partial charge in [0.05, 0.1) is 7.11 Å². The van der Waals surface area contributed by atoms with E-state index >= 15 is 0 Å². The van der Waals surface area contributed by atoms with Gasteiger partial charge in [-0.2, -0.15) is 0 Å². The fraction of sp³-hybridized carbons (Fsp3) is 0.250. The van der Waals surface area contributed by atoms with Gasteiger partial charge >= 0.3 is 0 Å². The summed E-state index contributed by atoms with van der Waals surface area (Å²) in [6.07, 6.45) is 2.58. The number of carbonyl (C=O) groups excluding carboxylic acids is 1. The average molecular weight is 473 g/mol. The van der Waals surface area contributed by atoms with Crippen LogP contribution in [0.2, 0.25) is 0 Å². The maximum atomic E-state index is 12.4. The molecule has 1 aliphatic heterocycles. The largest absolute Gasteiger partial charge is 0.497 e. The number of primary amides is 1. The van der Waals surface area contributed by atoms with Crippen molar-refractivity contribution in [3.05, 3.63) is 84.1 Å². The zero-order valence-corrected chi connectivity index (χ0v) is 19.5. The normalized spacial score (nSPS) is 15.5. The van der Waals surface area contributed by atoms with Gasteiger partial charge in [0.2, 0.25) is 5.91 Å². The Labute approximate surface area is 203 Å². The van der Waals surface area contributed by atoms with Crippen LogP contribution in [-0.4, -0.2) is 30.7 Å². The Morgan fingerprint density at radius 2 is 1.91 bits per heavy atom. The van der Waals surface area contributed by atoms with Gasteiger partial charge in [0.1, 0.15) is 30.8 Å². The van der Waals surface area contributed by atoms with Crippen molar-refractivity contribution in [1.82, 2.24) is 4.98 Å². The highest BCUT2D eigenvalue weighted by Crippen LogP contribution is 2.36. The van der Waals surface area contributed by atoms with E-state index in [-0.39, 0.29) is 12.0 Å². The molecule has 7 nitrogen and oxygen atoms in total. The minimum atomic E-state index is -0.413. The maximum absolute atomic E-state index is 12.4. The second-order valence-electron chi connectivity index (χ2n) is 8.70. The van der Waals surface area contributed by atoms with Crippen molar-refractivity contribution >= 4 is 16.8 Å². The van der Waals surface area contributed by atoms with Crippen LogP contribution < -0.4 is 24.7 Å². The molecule has 0 saturated carbocycles. The van der Waals surface area contributed by atoms with Gasteiger partial charge in [-0.15, -0.1) is 0 Å². The number of benzene rings is 3. The summed E-state index contributed by atoms with van der Waals surface area (Å²) in [6.45, 7) is 0.843. The summed E-state index contributed by atoms with van der Waals surface area (Å²) in [6, 6.07) is 21.4. The molecule has 0 spiro atoms. The molecule has 0 bridgehead atoms. The quantitative estimate of drug-likeness (QED) is 0.370. The third-order valence-corrected chi connectivity index (χ3v) is 6.27. The molecule has 2 unspecified atom stereocenters. The standard InChI is InChI=1S/C28H28N2O5/c1-32-21-8-10-26-27(14-21)35-23(17-34-26)12-19(28(29)31)11-20-15-30-25-9-7-22(13-24(20)25)33-16-18-5-3-2-4-6-18/h2-10,13-15,19,23,30H,11-12,16-17H2,1H3,(H2,29,31). The van der Waals surface area contributed by atoms with Crippen LogP contribution in [0.3, 0.4) is 0 Å². The highest BCUT2D eigenvalue weighted by molar-refractivity contribution is 5.85. The summed E-state index contributed by atoms with van der Waals surface area (Å²) in [7, 11) is 1.60. The lowest BCUT2D eigenvalue weighted by molar-refractivity contribution is -0.122. The summed E-state index contributed by atoms with van der Waals surface area (Å²) in [5.41, 5.74) is 8.90. The number of rotatable bonds is 9. The van der Waals surface area contributed by atoms with Crippen LogP contribution in [0.15, 0.2) is 72.9 Å². The first kappa shape index (κ1) is 22.7. The number of H-pyrrole nitrogens is 1. The van der Waals surface area contributed by atoms with E-state index in [0.717, 1.165) is 27.8 Å². The third-order valence-electron chi connectivity index (χ3n) is 6.27. The van der Waals surface area contributed by atoms with E-state index in [0.29, 0.717) is 43.3 Å². The van der Waals surface area contributed by atoms with Crippen molar-refractivity contribution in [3.63, 3.8) is 0 Å². The molecule has 1 amide bonds. The van der Waals surface area contributed by atoms with Gasteiger partial charge < -0.3 is 29.7 Å². The molecule has 35 heavy (non-hydrogen) atoms. The number of hydrogen-bond acceptors (Lipinski definition) is 5. The van der Waals surface area contributed by atoms with Crippen LogP contribution in [0.25, 0.3) is 10.9 Å². The molecule has 1 aliphatic rings. The number of nitrogens with one attached hydrogen (secondary N) is 1. The highest BCUT2D eigenvalue weighted by atomic mass is 16.6. The van der Waals surface area contributed by atoms with Crippen molar-refractivity contribution in [2.45, 2.75) is 25.6 Å². The maximum Gasteiger partial charge on any atom is 0.221 e. The first-order valence-corrected chi connectivity index (χ1v) is 11.6. The van der Waals surface area contributed by atoms with Crippen molar-refractivity contribution in [3.8, 4) is 23.0 Å². The van der Waals surface area contributed by atoms with Gasteiger partial charge in [0.25, 0.3) is 0 Å². The van der Waals surface area contributed by atoms with Crippen LogP contribution in [0, 0.1) is 5.92 Å². The van der Waals surface area contributed by atoms with E-state index in [1.807, 2.05) is 66.9 Å². The van der Waals surface area contributed by atoms with Crippen LogP contribution in [-0.2, 0) is 17.8 Å².